The van der Waals surface area contributed by atoms with Crippen molar-refractivity contribution in [1.82, 2.24) is 0 Å². The average molecular weight is 290 g/mol. The van der Waals surface area contributed by atoms with Gasteiger partial charge in [0.15, 0.2) is 0 Å². The van der Waals surface area contributed by atoms with Crippen LogP contribution in [0, 0.1) is 0 Å². The number of hydrogen-bond donors (Lipinski definition) is 3. The molecule has 0 aromatic heterocycles. The van der Waals surface area contributed by atoms with Gasteiger partial charge in [-0.05, 0) is 24.1 Å². The Kier molecular flexibility index (Phi) is 5.05. The zero-order valence-corrected chi connectivity index (χ0v) is 10.6. The Balaban J connectivity index is 2.84. The summed E-state index contributed by atoms with van der Waals surface area (Å²) in [4.78, 5) is 0. The normalized spacial score (nSPS) is 14.5. The molecule has 0 radical (unpaired) electrons. The number of ether oxygens (including phenoxy) is 1. The molecule has 2 atom stereocenters. The minimum Gasteiger partial charge on any atom is -0.495 e. The van der Waals surface area contributed by atoms with E-state index in [9.17, 15) is 10.2 Å². The number of anilines is 1. The second-order valence-electron chi connectivity index (χ2n) is 3.49. The van der Waals surface area contributed by atoms with E-state index in [1.165, 1.54) is 7.11 Å². The van der Waals surface area contributed by atoms with Crippen LogP contribution in [-0.2, 0) is 0 Å². The Morgan fingerprint density at radius 2 is 2.12 bits per heavy atom. The molecule has 0 aliphatic carbocycles. The van der Waals surface area contributed by atoms with Crippen molar-refractivity contribution in [1.29, 1.82) is 0 Å². The number of halogens is 1. The van der Waals surface area contributed by atoms with Crippen LogP contribution in [0.25, 0.3) is 0 Å². The molecule has 16 heavy (non-hydrogen) atoms. The molecule has 90 valence electrons. The molecule has 0 amide bonds. The van der Waals surface area contributed by atoms with Crippen molar-refractivity contribution in [2.24, 2.45) is 0 Å². The van der Waals surface area contributed by atoms with E-state index in [0.717, 1.165) is 0 Å². The van der Waals surface area contributed by atoms with Crippen molar-refractivity contribution in [3.05, 3.63) is 23.8 Å². The Morgan fingerprint density at radius 1 is 1.44 bits per heavy atom. The molecular weight excluding hydrogens is 274 g/mol. The first-order valence-corrected chi connectivity index (χ1v) is 6.07. The number of aliphatic hydroxyl groups excluding tert-OH is 2. The maximum absolute atomic E-state index is 9.84. The molecule has 0 saturated carbocycles. The Hall–Kier alpha value is -0.780. The third-order valence-corrected chi connectivity index (χ3v) is 2.82. The molecule has 1 aromatic rings. The van der Waals surface area contributed by atoms with E-state index in [0.29, 0.717) is 28.8 Å². The lowest BCUT2D eigenvalue weighted by molar-refractivity contribution is 0.0174. The maximum Gasteiger partial charge on any atom is 0.141 e. The van der Waals surface area contributed by atoms with E-state index >= 15 is 0 Å². The van der Waals surface area contributed by atoms with Crippen LogP contribution in [0.3, 0.4) is 0 Å². The summed E-state index contributed by atoms with van der Waals surface area (Å²) in [6, 6.07) is 4.98. The zero-order valence-electron chi connectivity index (χ0n) is 9.06. The fourth-order valence-electron chi connectivity index (χ4n) is 1.43. The summed E-state index contributed by atoms with van der Waals surface area (Å²) in [6.07, 6.45) is -1.24. The Bertz CT molecular complexity index is 346. The van der Waals surface area contributed by atoms with Crippen LogP contribution in [0.1, 0.15) is 18.1 Å². The highest BCUT2D eigenvalue weighted by Crippen LogP contribution is 2.27. The van der Waals surface area contributed by atoms with Gasteiger partial charge in [-0.3, -0.25) is 0 Å². The molecule has 4 nitrogen and oxygen atoms in total. The van der Waals surface area contributed by atoms with Gasteiger partial charge in [0.2, 0.25) is 0 Å². The molecule has 0 heterocycles. The first-order valence-electron chi connectivity index (χ1n) is 4.95. The number of nitrogen functional groups attached to an aromatic ring is 1. The fourth-order valence-corrected chi connectivity index (χ4v) is 1.90. The molecule has 4 N–H and O–H groups in total. The smallest absolute Gasteiger partial charge is 0.141 e. The van der Waals surface area contributed by atoms with Gasteiger partial charge in [-0.1, -0.05) is 22.0 Å². The second kappa shape index (κ2) is 6.08. The quantitative estimate of drug-likeness (QED) is 0.567. The molecule has 0 aliphatic heterocycles. The molecule has 5 heteroatoms. The number of aliphatic hydroxyl groups is 2. The van der Waals surface area contributed by atoms with Crippen molar-refractivity contribution in [2.45, 2.75) is 18.6 Å². The van der Waals surface area contributed by atoms with E-state index in [4.69, 9.17) is 10.5 Å². The van der Waals surface area contributed by atoms with Gasteiger partial charge >= 0.3 is 0 Å². The number of alkyl halides is 1. The highest BCUT2D eigenvalue weighted by molar-refractivity contribution is 9.09. The molecule has 0 aliphatic rings. The van der Waals surface area contributed by atoms with Crippen LogP contribution in [0.2, 0.25) is 0 Å². The molecular formula is C11H16BrNO3. The third kappa shape index (κ3) is 3.10. The fraction of sp³-hybridized carbons (Fsp3) is 0.455. The summed E-state index contributed by atoms with van der Waals surface area (Å²) in [5.41, 5.74) is 6.76. The van der Waals surface area contributed by atoms with E-state index in [1.54, 1.807) is 18.2 Å². The van der Waals surface area contributed by atoms with Gasteiger partial charge in [-0.25, -0.2) is 0 Å². The summed E-state index contributed by atoms with van der Waals surface area (Å²) in [7, 11) is 1.53. The lowest BCUT2D eigenvalue weighted by Gasteiger charge is -2.18. The topological polar surface area (TPSA) is 75.7 Å². The zero-order chi connectivity index (χ0) is 12.1. The van der Waals surface area contributed by atoms with Gasteiger partial charge in [0, 0.05) is 5.33 Å². The molecule has 0 spiro atoms. The predicted octanol–water partition coefficient (Wildman–Crippen LogP) is 1.46. The lowest BCUT2D eigenvalue weighted by atomic mass is 10.0. The maximum atomic E-state index is 9.84. The van der Waals surface area contributed by atoms with Gasteiger partial charge < -0.3 is 20.7 Å². The molecule has 0 fully saturated rings. The summed E-state index contributed by atoms with van der Waals surface area (Å²) in [5, 5.41) is 20.1. The van der Waals surface area contributed by atoms with Gasteiger partial charge in [0.05, 0.1) is 18.9 Å². The molecule has 2 unspecified atom stereocenters. The van der Waals surface area contributed by atoms with Crippen molar-refractivity contribution in [3.63, 3.8) is 0 Å². The standard InChI is InChI=1S/C11H16BrNO3/c1-16-10-3-2-7(6-8(10)13)11(15)9(14)4-5-12/h2-3,6,9,11,14-15H,4-5,13H2,1H3. The van der Waals surface area contributed by atoms with Crippen LogP contribution in [0.5, 0.6) is 5.75 Å². The van der Waals surface area contributed by atoms with E-state index in [1.807, 2.05) is 0 Å². The summed E-state index contributed by atoms with van der Waals surface area (Å²) < 4.78 is 5.01. The van der Waals surface area contributed by atoms with E-state index in [-0.39, 0.29) is 0 Å². The van der Waals surface area contributed by atoms with Crippen LogP contribution in [0.4, 0.5) is 5.69 Å². The summed E-state index contributed by atoms with van der Waals surface area (Å²) >= 11 is 3.21. The van der Waals surface area contributed by atoms with Crippen LogP contribution >= 0.6 is 15.9 Å². The number of benzene rings is 1. The molecule has 0 saturated heterocycles. The second-order valence-corrected chi connectivity index (χ2v) is 4.28. The first kappa shape index (κ1) is 13.3. The molecule has 0 bridgehead atoms. The van der Waals surface area contributed by atoms with E-state index in [2.05, 4.69) is 15.9 Å². The SMILES string of the molecule is COc1ccc(C(O)C(O)CCBr)cc1N. The van der Waals surface area contributed by atoms with Crippen LogP contribution in [0.15, 0.2) is 18.2 Å². The highest BCUT2D eigenvalue weighted by Gasteiger charge is 2.18. The monoisotopic (exact) mass is 289 g/mol. The minimum absolute atomic E-state index is 0.449. The van der Waals surface area contributed by atoms with Crippen LogP contribution in [-0.4, -0.2) is 28.8 Å². The lowest BCUT2D eigenvalue weighted by Crippen LogP contribution is -2.18. The van der Waals surface area contributed by atoms with Crippen molar-refractivity contribution in [3.8, 4) is 5.75 Å². The van der Waals surface area contributed by atoms with Gasteiger partial charge in [-0.2, -0.15) is 0 Å². The molecule has 1 rings (SSSR count). The van der Waals surface area contributed by atoms with Crippen molar-refractivity contribution >= 4 is 21.6 Å². The Morgan fingerprint density at radius 3 is 2.62 bits per heavy atom. The summed E-state index contributed by atoms with van der Waals surface area (Å²) in [6.45, 7) is 0. The number of hydrogen-bond acceptors (Lipinski definition) is 4. The predicted molar refractivity (Wildman–Crippen MR) is 66.8 cm³/mol. The third-order valence-electron chi connectivity index (χ3n) is 2.36. The van der Waals surface area contributed by atoms with Gasteiger partial charge in [0.1, 0.15) is 11.9 Å². The van der Waals surface area contributed by atoms with Gasteiger partial charge in [-0.15, -0.1) is 0 Å². The Labute approximate surface area is 103 Å². The largest absolute Gasteiger partial charge is 0.495 e. The van der Waals surface area contributed by atoms with Crippen LogP contribution < -0.4 is 10.5 Å². The van der Waals surface area contributed by atoms with Gasteiger partial charge in [0.25, 0.3) is 0 Å². The minimum atomic E-state index is -0.925. The number of methoxy groups -OCH3 is 1. The highest BCUT2D eigenvalue weighted by atomic mass is 79.9. The number of rotatable bonds is 5. The average Bonchev–Trinajstić information content (AvgIpc) is 2.28. The molecule has 1 aromatic carbocycles. The van der Waals surface area contributed by atoms with E-state index < -0.39 is 12.2 Å². The van der Waals surface area contributed by atoms with Crippen molar-refractivity contribution in [2.75, 3.05) is 18.2 Å². The van der Waals surface area contributed by atoms with Crippen molar-refractivity contribution < 1.29 is 14.9 Å². The number of nitrogens with two attached hydrogens (primary N) is 1. The summed E-state index contributed by atoms with van der Waals surface area (Å²) in [5.74, 6) is 0.561. The first-order chi connectivity index (χ1) is 7.60.